The first kappa shape index (κ1) is 16.3. The number of hydrogen-bond donors (Lipinski definition) is 1. The van der Waals surface area contributed by atoms with Crippen molar-refractivity contribution < 1.29 is 28.8 Å². The first-order valence-electron chi connectivity index (χ1n) is 10.0. The topological polar surface area (TPSA) is 74.2 Å². The van der Waals surface area contributed by atoms with Crippen molar-refractivity contribution in [2.75, 3.05) is 13.2 Å². The maximum absolute atomic E-state index is 13.3. The molecule has 5 unspecified atom stereocenters. The Morgan fingerprint density at radius 1 is 1.23 bits per heavy atom. The Balaban J connectivity index is 1.66. The molecule has 10 atom stereocenters. The standard InChI is InChI=1S/C20H28O6/c1-9-8-24-13-12(9)20-15(22)25-11-7-10(17(2,3)4)18(19(11,20)14(13)21)5-6-23-16(18)26-20/h9-14,16,21H,5-8H2,1-4H3/t9-,10+,11?,12+,13?,14+,16?,18?,19?,20-/m1/s1. The normalized spacial score (nSPS) is 62.2. The van der Waals surface area contributed by atoms with E-state index >= 15 is 0 Å². The van der Waals surface area contributed by atoms with Gasteiger partial charge in [-0.3, -0.25) is 0 Å². The lowest BCUT2D eigenvalue weighted by Crippen LogP contribution is -2.59. The van der Waals surface area contributed by atoms with Crippen molar-refractivity contribution >= 4 is 5.97 Å². The molecular weight excluding hydrogens is 336 g/mol. The summed E-state index contributed by atoms with van der Waals surface area (Å²) in [5.74, 6) is -0.0629. The number of hydrogen-bond acceptors (Lipinski definition) is 6. The Labute approximate surface area is 153 Å². The van der Waals surface area contributed by atoms with Gasteiger partial charge in [0.2, 0.25) is 0 Å². The molecule has 2 aliphatic carbocycles. The fourth-order valence-electron chi connectivity index (χ4n) is 8.38. The van der Waals surface area contributed by atoms with Crippen molar-refractivity contribution in [2.24, 2.45) is 34.0 Å². The molecule has 6 nitrogen and oxygen atoms in total. The number of carbonyl (C=O) groups excluding carboxylic acids is 1. The first-order chi connectivity index (χ1) is 12.2. The minimum atomic E-state index is -1.12. The molecule has 0 bridgehead atoms. The second kappa shape index (κ2) is 4.32. The summed E-state index contributed by atoms with van der Waals surface area (Å²) in [5, 5.41) is 11.7. The predicted molar refractivity (Wildman–Crippen MR) is 88.9 cm³/mol. The third-order valence-corrected chi connectivity index (χ3v) is 8.83. The van der Waals surface area contributed by atoms with Crippen LogP contribution >= 0.6 is 0 Å². The molecule has 144 valence electrons. The van der Waals surface area contributed by atoms with Crippen molar-refractivity contribution in [2.45, 2.75) is 70.7 Å². The Hall–Kier alpha value is -0.690. The zero-order valence-electron chi connectivity index (χ0n) is 15.9. The summed E-state index contributed by atoms with van der Waals surface area (Å²) in [6.45, 7) is 9.96. The van der Waals surface area contributed by atoms with Crippen LogP contribution < -0.4 is 0 Å². The van der Waals surface area contributed by atoms with Gasteiger partial charge in [0.15, 0.2) is 11.9 Å². The fourth-order valence-corrected chi connectivity index (χ4v) is 8.38. The summed E-state index contributed by atoms with van der Waals surface area (Å²) < 4.78 is 24.7. The average molecular weight is 364 g/mol. The van der Waals surface area contributed by atoms with Crippen molar-refractivity contribution in [1.82, 2.24) is 0 Å². The van der Waals surface area contributed by atoms with Crippen molar-refractivity contribution in [3.8, 4) is 0 Å². The van der Waals surface area contributed by atoms with Gasteiger partial charge < -0.3 is 24.1 Å². The minimum absolute atomic E-state index is 0.000775. The second-order valence-electron chi connectivity index (χ2n) is 10.5. The van der Waals surface area contributed by atoms with Crippen LogP contribution in [0, 0.1) is 34.0 Å². The van der Waals surface area contributed by atoms with E-state index in [1.807, 2.05) is 0 Å². The molecule has 0 aromatic carbocycles. The van der Waals surface area contributed by atoms with Gasteiger partial charge in [-0.1, -0.05) is 27.7 Å². The van der Waals surface area contributed by atoms with Crippen LogP contribution in [0.2, 0.25) is 0 Å². The van der Waals surface area contributed by atoms with E-state index in [4.69, 9.17) is 18.9 Å². The van der Waals surface area contributed by atoms with Crippen LogP contribution in [0.1, 0.15) is 40.5 Å². The van der Waals surface area contributed by atoms with Gasteiger partial charge in [0.25, 0.3) is 0 Å². The third kappa shape index (κ3) is 1.25. The Morgan fingerprint density at radius 2 is 2.00 bits per heavy atom. The molecule has 1 N–H and O–H groups in total. The van der Waals surface area contributed by atoms with Crippen LogP contribution in [-0.4, -0.2) is 54.5 Å². The molecule has 6 rings (SSSR count). The lowest BCUT2D eigenvalue weighted by Gasteiger charge is -2.47. The smallest absolute Gasteiger partial charge is 0.340 e. The molecule has 0 aromatic rings. The van der Waals surface area contributed by atoms with Crippen molar-refractivity contribution in [3.05, 3.63) is 0 Å². The van der Waals surface area contributed by atoms with Gasteiger partial charge in [-0.05, 0) is 30.1 Å². The zero-order chi connectivity index (χ0) is 18.3. The van der Waals surface area contributed by atoms with Gasteiger partial charge in [-0.25, -0.2) is 4.79 Å². The largest absolute Gasteiger partial charge is 0.459 e. The molecule has 6 fully saturated rings. The van der Waals surface area contributed by atoms with Gasteiger partial charge in [-0.15, -0.1) is 0 Å². The Bertz CT molecular complexity index is 701. The highest BCUT2D eigenvalue weighted by Gasteiger charge is 2.96. The molecule has 4 heterocycles. The SMILES string of the molecule is C[C@@H]1COC2[C@H]1[C@@]13OC4OCCC45[C@H](C(C)(C)C)CC(OC1=O)C53[C@H]2O. The van der Waals surface area contributed by atoms with Crippen molar-refractivity contribution in [3.63, 3.8) is 0 Å². The quantitative estimate of drug-likeness (QED) is 0.657. The maximum atomic E-state index is 13.3. The number of carbonyl (C=O) groups is 1. The Kier molecular flexibility index (Phi) is 2.70. The second-order valence-corrected chi connectivity index (χ2v) is 10.5. The molecule has 26 heavy (non-hydrogen) atoms. The van der Waals surface area contributed by atoms with Gasteiger partial charge in [0, 0.05) is 11.3 Å². The highest BCUT2D eigenvalue weighted by atomic mass is 16.7. The lowest BCUT2D eigenvalue weighted by molar-refractivity contribution is -0.205. The number of aliphatic hydroxyl groups is 1. The summed E-state index contributed by atoms with van der Waals surface area (Å²) >= 11 is 0. The molecular formula is C20H28O6. The summed E-state index contributed by atoms with van der Waals surface area (Å²) in [6.07, 6.45) is -0.287. The van der Waals surface area contributed by atoms with Crippen LogP contribution in [0.5, 0.6) is 0 Å². The maximum Gasteiger partial charge on any atom is 0.340 e. The average Bonchev–Trinajstić information content (AvgIpc) is 3.28. The molecule has 6 aliphatic rings. The summed E-state index contributed by atoms with van der Waals surface area (Å²) in [5.41, 5.74) is -2.27. The number of aliphatic hydroxyl groups excluding tert-OH is 1. The van der Waals surface area contributed by atoms with E-state index < -0.39 is 28.8 Å². The lowest BCUT2D eigenvalue weighted by atomic mass is 9.52. The van der Waals surface area contributed by atoms with Gasteiger partial charge in [0.05, 0.1) is 30.8 Å². The molecule has 2 spiro atoms. The van der Waals surface area contributed by atoms with E-state index in [-0.39, 0.29) is 41.3 Å². The van der Waals surface area contributed by atoms with E-state index in [1.54, 1.807) is 0 Å². The number of fused-ring (bicyclic) bond motifs is 1. The summed E-state index contributed by atoms with van der Waals surface area (Å²) in [7, 11) is 0. The summed E-state index contributed by atoms with van der Waals surface area (Å²) in [4.78, 5) is 13.3. The first-order valence-corrected chi connectivity index (χ1v) is 10.0. The van der Waals surface area contributed by atoms with E-state index in [2.05, 4.69) is 27.7 Å². The van der Waals surface area contributed by atoms with Crippen molar-refractivity contribution in [1.29, 1.82) is 0 Å². The molecule has 2 saturated carbocycles. The van der Waals surface area contributed by atoms with Crippen LogP contribution in [0.15, 0.2) is 0 Å². The highest BCUT2D eigenvalue weighted by molar-refractivity contribution is 5.87. The minimum Gasteiger partial charge on any atom is -0.459 e. The van der Waals surface area contributed by atoms with E-state index in [0.717, 1.165) is 12.8 Å². The number of rotatable bonds is 0. The molecule has 4 saturated heterocycles. The summed E-state index contributed by atoms with van der Waals surface area (Å²) in [6, 6.07) is 0. The molecule has 6 heteroatoms. The van der Waals surface area contributed by atoms with E-state index in [1.165, 1.54) is 0 Å². The molecule has 0 aromatic heterocycles. The van der Waals surface area contributed by atoms with Gasteiger partial charge >= 0.3 is 5.97 Å². The van der Waals surface area contributed by atoms with E-state index in [0.29, 0.717) is 13.2 Å². The molecule has 0 amide bonds. The predicted octanol–water partition coefficient (Wildman–Crippen LogP) is 1.49. The fraction of sp³-hybridized carbons (Fsp3) is 0.950. The number of ether oxygens (including phenoxy) is 4. The third-order valence-electron chi connectivity index (χ3n) is 8.83. The van der Waals surface area contributed by atoms with Gasteiger partial charge in [-0.2, -0.15) is 0 Å². The monoisotopic (exact) mass is 364 g/mol. The van der Waals surface area contributed by atoms with Crippen LogP contribution in [-0.2, 0) is 23.7 Å². The zero-order valence-corrected chi connectivity index (χ0v) is 15.9. The number of esters is 1. The van der Waals surface area contributed by atoms with E-state index in [9.17, 15) is 9.90 Å². The van der Waals surface area contributed by atoms with Crippen LogP contribution in [0.4, 0.5) is 0 Å². The molecule has 4 aliphatic heterocycles. The highest BCUT2D eigenvalue weighted by Crippen LogP contribution is 2.83. The van der Waals surface area contributed by atoms with Gasteiger partial charge in [0.1, 0.15) is 6.10 Å². The molecule has 0 radical (unpaired) electrons. The Morgan fingerprint density at radius 3 is 2.73 bits per heavy atom. The van der Waals surface area contributed by atoms with Crippen LogP contribution in [0.3, 0.4) is 0 Å². The van der Waals surface area contributed by atoms with Crippen LogP contribution in [0.25, 0.3) is 0 Å².